The number of guanidine groups is 1. The van der Waals surface area contributed by atoms with Gasteiger partial charge in [-0.05, 0) is 38.3 Å². The summed E-state index contributed by atoms with van der Waals surface area (Å²) in [5, 5.41) is 6.76. The number of aryl methyl sites for hydroxylation is 1. The van der Waals surface area contributed by atoms with Gasteiger partial charge in [-0.25, -0.2) is 4.99 Å². The standard InChI is InChI=1S/C24H38N4O3.HI/c1-5-25-23(27-17-24(11-6-7-12-24)22(29)28(3)4)26-15-19-9-8-18(2)14-21(19)31-20-10-13-30-16-20;/h8-9,14,20H,5-7,10-13,15-17H2,1-4H3,(H2,25,26,27);1H. The van der Waals surface area contributed by atoms with Gasteiger partial charge in [0.05, 0.1) is 25.2 Å². The average Bonchev–Trinajstić information content (AvgIpc) is 3.43. The van der Waals surface area contributed by atoms with Gasteiger partial charge in [-0.15, -0.1) is 24.0 Å². The van der Waals surface area contributed by atoms with E-state index in [1.807, 2.05) is 21.0 Å². The molecule has 1 atom stereocenters. The molecule has 1 saturated carbocycles. The van der Waals surface area contributed by atoms with E-state index in [1.165, 1.54) is 0 Å². The summed E-state index contributed by atoms with van der Waals surface area (Å²) in [5.74, 6) is 1.82. The van der Waals surface area contributed by atoms with E-state index < -0.39 is 0 Å². The van der Waals surface area contributed by atoms with Crippen LogP contribution in [-0.4, -0.2) is 63.3 Å². The zero-order valence-electron chi connectivity index (χ0n) is 19.9. The van der Waals surface area contributed by atoms with E-state index in [2.05, 4.69) is 35.8 Å². The number of carbonyl (C=O) groups excluding carboxylic acids is 1. The Morgan fingerprint density at radius 1 is 1.28 bits per heavy atom. The fourth-order valence-electron chi connectivity index (χ4n) is 4.44. The van der Waals surface area contributed by atoms with Crippen molar-refractivity contribution in [3.05, 3.63) is 29.3 Å². The Morgan fingerprint density at radius 2 is 2.03 bits per heavy atom. The lowest BCUT2D eigenvalue weighted by Crippen LogP contribution is -2.49. The van der Waals surface area contributed by atoms with Crippen LogP contribution >= 0.6 is 24.0 Å². The van der Waals surface area contributed by atoms with E-state index in [9.17, 15) is 4.79 Å². The minimum absolute atomic E-state index is 0. The largest absolute Gasteiger partial charge is 0.488 e. The molecule has 1 aliphatic heterocycles. The van der Waals surface area contributed by atoms with Gasteiger partial charge >= 0.3 is 0 Å². The third-order valence-corrected chi connectivity index (χ3v) is 6.17. The molecular formula is C24H39IN4O3. The maximum Gasteiger partial charge on any atom is 0.230 e. The lowest BCUT2D eigenvalue weighted by molar-refractivity contribution is -0.138. The molecule has 180 valence electrons. The molecule has 2 N–H and O–H groups in total. The normalized spacial score (nSPS) is 19.9. The SMILES string of the molecule is CCNC(=NCc1ccc(C)cc1OC1CCOC1)NCC1(C(=O)N(C)C)CCCC1.I. The van der Waals surface area contributed by atoms with Crippen LogP contribution in [-0.2, 0) is 16.1 Å². The molecule has 2 fully saturated rings. The first-order valence-electron chi connectivity index (χ1n) is 11.5. The molecule has 0 spiro atoms. The third-order valence-electron chi connectivity index (χ3n) is 6.17. The number of carbonyl (C=O) groups is 1. The van der Waals surface area contributed by atoms with Crippen molar-refractivity contribution >= 4 is 35.8 Å². The maximum absolute atomic E-state index is 12.9. The van der Waals surface area contributed by atoms with Crippen LogP contribution in [0.25, 0.3) is 0 Å². The first kappa shape index (κ1) is 26.7. The Morgan fingerprint density at radius 3 is 2.66 bits per heavy atom. The van der Waals surface area contributed by atoms with Crippen LogP contribution in [0.2, 0.25) is 0 Å². The van der Waals surface area contributed by atoms with Crippen molar-refractivity contribution in [1.82, 2.24) is 15.5 Å². The molecule has 7 nitrogen and oxygen atoms in total. The molecule has 1 heterocycles. The highest BCUT2D eigenvalue weighted by atomic mass is 127. The van der Waals surface area contributed by atoms with Gasteiger partial charge < -0.3 is 25.0 Å². The molecule has 2 aliphatic rings. The minimum atomic E-state index is -0.333. The lowest BCUT2D eigenvalue weighted by atomic mass is 9.84. The number of amides is 1. The third kappa shape index (κ3) is 6.97. The quantitative estimate of drug-likeness (QED) is 0.291. The van der Waals surface area contributed by atoms with Crippen molar-refractivity contribution in [3.63, 3.8) is 0 Å². The highest BCUT2D eigenvalue weighted by Crippen LogP contribution is 2.38. The van der Waals surface area contributed by atoms with Gasteiger partial charge in [0.15, 0.2) is 5.96 Å². The molecule has 1 saturated heterocycles. The van der Waals surface area contributed by atoms with Crippen molar-refractivity contribution in [2.24, 2.45) is 10.4 Å². The van der Waals surface area contributed by atoms with Crippen molar-refractivity contribution in [2.75, 3.05) is 40.4 Å². The molecule has 0 radical (unpaired) electrons. The van der Waals surface area contributed by atoms with E-state index in [4.69, 9.17) is 14.5 Å². The highest BCUT2D eigenvalue weighted by molar-refractivity contribution is 14.0. The first-order chi connectivity index (χ1) is 14.9. The van der Waals surface area contributed by atoms with Crippen LogP contribution in [0.3, 0.4) is 0 Å². The molecule has 1 aromatic rings. The number of aliphatic imine (C=N–C) groups is 1. The van der Waals surface area contributed by atoms with Crippen molar-refractivity contribution in [1.29, 1.82) is 0 Å². The van der Waals surface area contributed by atoms with Crippen LogP contribution in [0.1, 0.15) is 50.2 Å². The molecule has 32 heavy (non-hydrogen) atoms. The number of nitrogens with one attached hydrogen (secondary N) is 2. The number of halogens is 1. The Hall–Kier alpha value is -1.55. The van der Waals surface area contributed by atoms with Gasteiger partial charge in [-0.3, -0.25) is 4.79 Å². The van der Waals surface area contributed by atoms with E-state index in [0.29, 0.717) is 19.7 Å². The summed E-state index contributed by atoms with van der Waals surface area (Å²) in [6, 6.07) is 6.25. The molecule has 1 aromatic carbocycles. The number of benzene rings is 1. The van der Waals surface area contributed by atoms with Crippen LogP contribution in [0, 0.1) is 12.3 Å². The predicted molar refractivity (Wildman–Crippen MR) is 139 cm³/mol. The van der Waals surface area contributed by atoms with Crippen molar-refractivity contribution in [2.45, 2.75) is 58.6 Å². The van der Waals surface area contributed by atoms with E-state index in [0.717, 1.165) is 68.1 Å². The Balaban J connectivity index is 0.00000363. The van der Waals surface area contributed by atoms with Gasteiger partial charge in [-0.2, -0.15) is 0 Å². The van der Waals surface area contributed by atoms with Gasteiger partial charge in [0.2, 0.25) is 5.91 Å². The molecule has 3 rings (SSSR count). The van der Waals surface area contributed by atoms with Gasteiger partial charge in [-0.1, -0.05) is 25.0 Å². The molecule has 1 unspecified atom stereocenters. The van der Waals surface area contributed by atoms with Crippen LogP contribution < -0.4 is 15.4 Å². The second-order valence-corrected chi connectivity index (χ2v) is 8.95. The summed E-state index contributed by atoms with van der Waals surface area (Å²) in [7, 11) is 3.69. The highest BCUT2D eigenvalue weighted by Gasteiger charge is 2.42. The fraction of sp³-hybridized carbons (Fsp3) is 0.667. The van der Waals surface area contributed by atoms with Crippen LogP contribution in [0.15, 0.2) is 23.2 Å². The fourth-order valence-corrected chi connectivity index (χ4v) is 4.44. The molecule has 1 amide bonds. The Labute approximate surface area is 209 Å². The zero-order valence-corrected chi connectivity index (χ0v) is 22.2. The van der Waals surface area contributed by atoms with E-state index in [-0.39, 0.29) is 41.4 Å². The maximum atomic E-state index is 12.9. The number of nitrogens with zero attached hydrogens (tertiary/aromatic N) is 2. The summed E-state index contributed by atoms with van der Waals surface area (Å²) in [6.45, 7) is 7.39. The first-order valence-corrected chi connectivity index (χ1v) is 11.5. The van der Waals surface area contributed by atoms with E-state index in [1.54, 1.807) is 4.90 Å². The second kappa shape index (κ2) is 12.6. The van der Waals surface area contributed by atoms with Crippen LogP contribution in [0.5, 0.6) is 5.75 Å². The minimum Gasteiger partial charge on any atom is -0.488 e. The molecule has 0 bridgehead atoms. The topological polar surface area (TPSA) is 75.2 Å². The van der Waals surface area contributed by atoms with Crippen molar-refractivity contribution in [3.8, 4) is 5.75 Å². The molecule has 1 aliphatic carbocycles. The van der Waals surface area contributed by atoms with Crippen LogP contribution in [0.4, 0.5) is 0 Å². The van der Waals surface area contributed by atoms with Gasteiger partial charge in [0.25, 0.3) is 0 Å². The summed E-state index contributed by atoms with van der Waals surface area (Å²) in [6.07, 6.45) is 5.08. The molecular weight excluding hydrogens is 519 g/mol. The smallest absolute Gasteiger partial charge is 0.230 e. The Kier molecular flexibility index (Phi) is 10.5. The lowest BCUT2D eigenvalue weighted by Gasteiger charge is -2.31. The number of hydrogen-bond donors (Lipinski definition) is 2. The summed E-state index contributed by atoms with van der Waals surface area (Å²) in [5.41, 5.74) is 1.88. The van der Waals surface area contributed by atoms with Gasteiger partial charge in [0.1, 0.15) is 11.9 Å². The van der Waals surface area contributed by atoms with Gasteiger partial charge in [0, 0.05) is 39.2 Å². The summed E-state index contributed by atoms with van der Waals surface area (Å²) in [4.78, 5) is 19.4. The van der Waals surface area contributed by atoms with E-state index >= 15 is 0 Å². The number of rotatable bonds is 8. The van der Waals surface area contributed by atoms with Crippen molar-refractivity contribution < 1.29 is 14.3 Å². The summed E-state index contributed by atoms with van der Waals surface area (Å²) >= 11 is 0. The monoisotopic (exact) mass is 558 g/mol. The molecule has 8 heteroatoms. The number of hydrogen-bond acceptors (Lipinski definition) is 4. The summed E-state index contributed by atoms with van der Waals surface area (Å²) < 4.78 is 11.7. The number of ether oxygens (including phenoxy) is 2. The average molecular weight is 559 g/mol. The zero-order chi connectivity index (χ0) is 22.3. The molecule has 0 aromatic heterocycles. The predicted octanol–water partition coefficient (Wildman–Crippen LogP) is 3.48. The Bertz CT molecular complexity index is 773. The second-order valence-electron chi connectivity index (χ2n) is 8.95.